The zero-order valence-electron chi connectivity index (χ0n) is 31.4. The number of anilines is 3. The third-order valence-corrected chi connectivity index (χ3v) is 9.61. The number of ether oxygens (including phenoxy) is 2. The molecule has 14 heteroatoms. The summed E-state index contributed by atoms with van der Waals surface area (Å²) in [5, 5.41) is 20.4. The SMILES string of the molecule is C[C@@H]1CCCCO[C@H](CN(C)C(=O)Nc2cccc3ccccc23)[C@@H](C)CN([C@@H](C)CO)C(=O)c2cc(NC(=O)Nc3ccc(C(F)(F)F)cc3)ccc2O1. The second-order valence-electron chi connectivity index (χ2n) is 14.0. The van der Waals surface area contributed by atoms with Crippen LogP contribution in [0.5, 0.6) is 5.75 Å². The summed E-state index contributed by atoms with van der Waals surface area (Å²) in [7, 11) is 1.69. The number of hydrogen-bond acceptors (Lipinski definition) is 6. The topological polar surface area (TPSA) is 132 Å². The van der Waals surface area contributed by atoms with E-state index in [9.17, 15) is 32.7 Å². The van der Waals surface area contributed by atoms with E-state index in [0.29, 0.717) is 24.5 Å². The number of halogens is 3. The Morgan fingerprint density at radius 1 is 0.945 bits per heavy atom. The molecule has 0 aromatic heterocycles. The first-order valence-corrected chi connectivity index (χ1v) is 18.3. The number of carbonyl (C=O) groups is 3. The van der Waals surface area contributed by atoms with Crippen molar-refractivity contribution < 1.29 is 42.1 Å². The van der Waals surface area contributed by atoms with Gasteiger partial charge < -0.3 is 40.3 Å². The highest BCUT2D eigenvalue weighted by atomic mass is 19.4. The minimum atomic E-state index is -4.51. The van der Waals surface area contributed by atoms with Gasteiger partial charge in [0.1, 0.15) is 5.75 Å². The van der Waals surface area contributed by atoms with Crippen LogP contribution in [0, 0.1) is 5.92 Å². The number of urea groups is 2. The summed E-state index contributed by atoms with van der Waals surface area (Å²) in [6, 6.07) is 20.5. The van der Waals surface area contributed by atoms with E-state index in [2.05, 4.69) is 16.0 Å². The van der Waals surface area contributed by atoms with Crippen LogP contribution < -0.4 is 20.7 Å². The molecule has 294 valence electrons. The van der Waals surface area contributed by atoms with Gasteiger partial charge >= 0.3 is 18.2 Å². The van der Waals surface area contributed by atoms with Gasteiger partial charge in [-0.05, 0) is 87.0 Å². The number of hydrogen-bond donors (Lipinski definition) is 4. The van der Waals surface area contributed by atoms with Gasteiger partial charge in [-0.25, -0.2) is 9.59 Å². The number of aliphatic hydroxyl groups excluding tert-OH is 1. The molecular weight excluding hydrogens is 715 g/mol. The number of nitrogens with zero attached hydrogens (tertiary/aromatic N) is 2. The molecule has 0 saturated carbocycles. The van der Waals surface area contributed by atoms with E-state index < -0.39 is 35.8 Å². The Bertz CT molecular complexity index is 1940. The van der Waals surface area contributed by atoms with Gasteiger partial charge in [0.2, 0.25) is 0 Å². The van der Waals surface area contributed by atoms with Gasteiger partial charge in [0.15, 0.2) is 0 Å². The molecule has 1 aliphatic rings. The van der Waals surface area contributed by atoms with Crippen molar-refractivity contribution in [2.45, 2.75) is 64.5 Å². The van der Waals surface area contributed by atoms with Crippen LogP contribution >= 0.6 is 0 Å². The maximum absolute atomic E-state index is 14.4. The first-order chi connectivity index (χ1) is 26.2. The monoisotopic (exact) mass is 763 g/mol. The summed E-state index contributed by atoms with van der Waals surface area (Å²) in [5.74, 6) is -0.461. The molecule has 0 radical (unpaired) electrons. The van der Waals surface area contributed by atoms with Gasteiger partial charge in [0.25, 0.3) is 5.91 Å². The fourth-order valence-corrected chi connectivity index (χ4v) is 6.40. The number of alkyl halides is 3. The van der Waals surface area contributed by atoms with E-state index in [4.69, 9.17) is 9.47 Å². The highest BCUT2D eigenvalue weighted by Gasteiger charge is 2.32. The van der Waals surface area contributed by atoms with Gasteiger partial charge in [-0.2, -0.15) is 13.2 Å². The highest BCUT2D eigenvalue weighted by molar-refractivity contribution is 6.03. The number of rotatable bonds is 7. The average Bonchev–Trinajstić information content (AvgIpc) is 3.15. The second-order valence-corrected chi connectivity index (χ2v) is 14.0. The van der Waals surface area contributed by atoms with Gasteiger partial charge in [0, 0.05) is 49.4 Å². The zero-order valence-corrected chi connectivity index (χ0v) is 31.4. The van der Waals surface area contributed by atoms with Gasteiger partial charge in [-0.15, -0.1) is 0 Å². The number of carbonyl (C=O) groups excluding carboxylic acids is 3. The van der Waals surface area contributed by atoms with Gasteiger partial charge in [-0.1, -0.05) is 43.3 Å². The number of benzene rings is 4. The molecule has 1 aliphatic heterocycles. The van der Waals surface area contributed by atoms with Crippen LogP contribution in [0.15, 0.2) is 84.9 Å². The molecule has 0 unspecified atom stereocenters. The molecule has 0 bridgehead atoms. The summed E-state index contributed by atoms with van der Waals surface area (Å²) < 4.78 is 51.6. The molecule has 0 spiro atoms. The van der Waals surface area contributed by atoms with Crippen molar-refractivity contribution in [3.63, 3.8) is 0 Å². The van der Waals surface area contributed by atoms with Crippen LogP contribution in [0.3, 0.4) is 0 Å². The molecule has 4 aromatic carbocycles. The maximum Gasteiger partial charge on any atom is 0.416 e. The Hall–Kier alpha value is -5.34. The summed E-state index contributed by atoms with van der Waals surface area (Å²) in [5.41, 5.74) is 0.360. The number of amides is 5. The quantitative estimate of drug-likeness (QED) is 0.149. The molecule has 4 atom stereocenters. The second kappa shape index (κ2) is 18.3. The first-order valence-electron chi connectivity index (χ1n) is 18.3. The third-order valence-electron chi connectivity index (χ3n) is 9.61. The maximum atomic E-state index is 14.4. The number of likely N-dealkylation sites (N-methyl/N-ethyl adjacent to an activating group) is 1. The summed E-state index contributed by atoms with van der Waals surface area (Å²) in [4.78, 5) is 43.9. The Kier molecular flexibility index (Phi) is 13.6. The molecule has 55 heavy (non-hydrogen) atoms. The lowest BCUT2D eigenvalue weighted by Gasteiger charge is -2.35. The number of aliphatic hydroxyl groups is 1. The minimum absolute atomic E-state index is 0.141. The normalized spacial score (nSPS) is 19.0. The summed E-state index contributed by atoms with van der Waals surface area (Å²) in [6.07, 6.45) is -3.08. The molecular formula is C41H48F3N5O6. The fraction of sp³-hybridized carbons (Fsp3) is 0.390. The molecule has 1 heterocycles. The standard InChI is InChI=1S/C41H48F3N5O6/c1-26-23-49(27(2)25-50)38(51)34-22-32(46-39(52)45-31-17-15-30(16-18-31)41(42,43)44)19-20-36(34)55-28(3)10-7-8-21-54-37(26)24-48(4)40(53)47-35-14-9-12-29-11-5-6-13-33(29)35/h5-6,9,11-20,22,26-28,37,50H,7-8,10,21,23-25H2,1-4H3,(H,47,53)(H2,45,46,52)/t26-,27-,28+,37+/m0/s1. The molecule has 4 aromatic rings. The van der Waals surface area contributed by atoms with Crippen molar-refractivity contribution in [2.24, 2.45) is 5.92 Å². The molecule has 5 amide bonds. The Morgan fingerprint density at radius 3 is 2.36 bits per heavy atom. The van der Waals surface area contributed by atoms with Crippen LogP contribution in [0.2, 0.25) is 0 Å². The van der Waals surface area contributed by atoms with Crippen LogP contribution in [-0.2, 0) is 10.9 Å². The molecule has 11 nitrogen and oxygen atoms in total. The van der Waals surface area contributed by atoms with Crippen LogP contribution in [0.4, 0.5) is 39.8 Å². The lowest BCUT2D eigenvalue weighted by Crippen LogP contribution is -2.48. The molecule has 0 fully saturated rings. The average molecular weight is 764 g/mol. The lowest BCUT2D eigenvalue weighted by atomic mass is 10.0. The van der Waals surface area contributed by atoms with Crippen molar-refractivity contribution in [3.8, 4) is 5.75 Å². The fourth-order valence-electron chi connectivity index (χ4n) is 6.40. The molecule has 4 N–H and O–H groups in total. The summed E-state index contributed by atoms with van der Waals surface area (Å²) >= 11 is 0. The van der Waals surface area contributed by atoms with Crippen molar-refractivity contribution in [2.75, 3.05) is 49.3 Å². The number of nitrogens with one attached hydrogen (secondary N) is 3. The van der Waals surface area contributed by atoms with E-state index >= 15 is 0 Å². The Balaban J connectivity index is 1.35. The van der Waals surface area contributed by atoms with Crippen molar-refractivity contribution in [1.29, 1.82) is 0 Å². The zero-order chi connectivity index (χ0) is 39.7. The first kappa shape index (κ1) is 40.8. The lowest BCUT2D eigenvalue weighted by molar-refractivity contribution is -0.137. The van der Waals surface area contributed by atoms with Crippen LogP contribution in [0.25, 0.3) is 10.8 Å². The van der Waals surface area contributed by atoms with Crippen molar-refractivity contribution in [1.82, 2.24) is 9.80 Å². The van der Waals surface area contributed by atoms with Crippen LogP contribution in [0.1, 0.15) is 56.0 Å². The van der Waals surface area contributed by atoms with E-state index in [1.807, 2.05) is 56.3 Å². The minimum Gasteiger partial charge on any atom is -0.490 e. The third kappa shape index (κ3) is 10.9. The predicted octanol–water partition coefficient (Wildman–Crippen LogP) is 8.46. The number of fused-ring (bicyclic) bond motifs is 2. The van der Waals surface area contributed by atoms with E-state index in [1.165, 1.54) is 11.0 Å². The molecule has 0 saturated heterocycles. The Morgan fingerprint density at radius 2 is 1.64 bits per heavy atom. The van der Waals surface area contributed by atoms with Gasteiger partial charge in [-0.3, -0.25) is 4.79 Å². The molecule has 0 aliphatic carbocycles. The highest BCUT2D eigenvalue weighted by Crippen LogP contribution is 2.31. The predicted molar refractivity (Wildman–Crippen MR) is 207 cm³/mol. The smallest absolute Gasteiger partial charge is 0.416 e. The largest absolute Gasteiger partial charge is 0.490 e. The van der Waals surface area contributed by atoms with E-state index in [1.54, 1.807) is 31.0 Å². The molecule has 5 rings (SSSR count). The van der Waals surface area contributed by atoms with E-state index in [0.717, 1.165) is 47.9 Å². The van der Waals surface area contributed by atoms with Gasteiger partial charge in [0.05, 0.1) is 41.7 Å². The van der Waals surface area contributed by atoms with Crippen molar-refractivity contribution in [3.05, 3.63) is 96.1 Å². The van der Waals surface area contributed by atoms with Crippen LogP contribution in [-0.4, -0.2) is 84.5 Å². The van der Waals surface area contributed by atoms with E-state index in [-0.39, 0.29) is 54.7 Å². The van der Waals surface area contributed by atoms with Crippen molar-refractivity contribution >= 4 is 45.8 Å². The Labute approximate surface area is 318 Å². The summed E-state index contributed by atoms with van der Waals surface area (Å²) in [6.45, 7) is 6.03.